The van der Waals surface area contributed by atoms with Crippen LogP contribution in [0.3, 0.4) is 0 Å². The fraction of sp³-hybridized carbons (Fsp3) is 0.400. The van der Waals surface area contributed by atoms with Crippen LogP contribution in [0.2, 0.25) is 0 Å². The topological polar surface area (TPSA) is 142 Å². The average molecular weight is 434 g/mol. The van der Waals surface area contributed by atoms with Crippen LogP contribution in [0.25, 0.3) is 0 Å². The van der Waals surface area contributed by atoms with Gasteiger partial charge >= 0.3 is 0 Å². The van der Waals surface area contributed by atoms with Gasteiger partial charge in [-0.15, -0.1) is 0 Å². The third-order valence-electron chi connectivity index (χ3n) is 4.62. The van der Waals surface area contributed by atoms with Gasteiger partial charge in [0.25, 0.3) is 11.8 Å². The molecule has 0 saturated carbocycles. The third kappa shape index (κ3) is 5.81. The monoisotopic (exact) mass is 434 g/mol. The predicted octanol–water partition coefficient (Wildman–Crippen LogP) is -0.769. The molecule has 2 rings (SSSR count). The molecule has 1 unspecified atom stereocenters. The number of benzene rings is 1. The summed E-state index contributed by atoms with van der Waals surface area (Å²) in [4.78, 5) is 24.8. The maximum Gasteiger partial charge on any atom is 0.268 e. The summed E-state index contributed by atoms with van der Waals surface area (Å²) in [6, 6.07) is 4.73. The molecule has 0 bridgehead atoms. The summed E-state index contributed by atoms with van der Waals surface area (Å²) in [5, 5.41) is 20.2. The van der Waals surface area contributed by atoms with Crippen molar-refractivity contribution in [2.75, 3.05) is 25.2 Å². The largest absolute Gasteiger partial charge is 0.395 e. The van der Waals surface area contributed by atoms with Gasteiger partial charge in [0, 0.05) is 24.7 Å². The second-order valence-corrected chi connectivity index (χ2v) is 8.78. The molecule has 1 aromatic rings. The van der Waals surface area contributed by atoms with Gasteiger partial charge in [-0.3, -0.25) is 14.8 Å². The number of methoxy groups -OCH3 is 1. The van der Waals surface area contributed by atoms with E-state index in [9.17, 15) is 18.0 Å². The quantitative estimate of drug-likeness (QED) is 0.262. The minimum atomic E-state index is -3.45. The maximum absolute atomic E-state index is 12.6. The van der Waals surface area contributed by atoms with Crippen LogP contribution in [-0.2, 0) is 19.4 Å². The van der Waals surface area contributed by atoms with Gasteiger partial charge in [0.1, 0.15) is 11.6 Å². The molecule has 1 heterocycles. The van der Waals surface area contributed by atoms with Gasteiger partial charge < -0.3 is 15.2 Å². The lowest BCUT2D eigenvalue weighted by molar-refractivity contribution is -0.139. The summed E-state index contributed by atoms with van der Waals surface area (Å²) >= 11 is 0. The number of carbonyl (C=O) groups is 2. The number of amides is 2. The lowest BCUT2D eigenvalue weighted by Gasteiger charge is -2.34. The normalized spacial score (nSPS) is 20.1. The average Bonchev–Trinajstić information content (AvgIpc) is 3.07. The Balaban J connectivity index is 2.18. The Morgan fingerprint density at radius 2 is 1.97 bits per heavy atom. The van der Waals surface area contributed by atoms with E-state index in [1.54, 1.807) is 12.1 Å². The molecular weight excluding hydrogens is 412 g/mol. The van der Waals surface area contributed by atoms with E-state index in [4.69, 9.17) is 15.1 Å². The molecule has 1 aliphatic rings. The molecule has 2 amide bonds. The minimum absolute atomic E-state index is 0.00392. The molecule has 160 valence electrons. The highest BCUT2D eigenvalue weighted by atomic mass is 32.2. The Labute approximate surface area is 174 Å². The van der Waals surface area contributed by atoms with Gasteiger partial charge in [-0.05, 0) is 42.5 Å². The fourth-order valence-electron chi connectivity index (χ4n) is 3.04. The van der Waals surface area contributed by atoms with Crippen LogP contribution in [0.15, 0.2) is 24.3 Å². The van der Waals surface area contributed by atoms with E-state index in [0.717, 1.165) is 0 Å². The summed E-state index contributed by atoms with van der Waals surface area (Å²) < 4.78 is 29.2. The Bertz CT molecular complexity index is 1010. The van der Waals surface area contributed by atoms with Crippen LogP contribution in [0, 0.1) is 23.7 Å². The molecule has 30 heavy (non-hydrogen) atoms. The second kappa shape index (κ2) is 10.2. The molecule has 10 heteroatoms. The van der Waals surface area contributed by atoms with Crippen LogP contribution < -0.4 is 10.8 Å². The number of rotatable bonds is 6. The van der Waals surface area contributed by atoms with E-state index in [-0.39, 0.29) is 24.3 Å². The lowest BCUT2D eigenvalue weighted by atomic mass is 9.92. The molecule has 4 N–H and O–H groups in total. The van der Waals surface area contributed by atoms with Crippen LogP contribution in [0.1, 0.15) is 28.8 Å². The fourth-order valence-corrected chi connectivity index (χ4v) is 5.01. The minimum Gasteiger partial charge on any atom is -0.395 e. The molecule has 1 aliphatic heterocycles. The van der Waals surface area contributed by atoms with Crippen molar-refractivity contribution >= 4 is 21.7 Å². The smallest absolute Gasteiger partial charge is 0.268 e. The Morgan fingerprint density at radius 1 is 1.27 bits per heavy atom. The molecule has 0 aliphatic carbocycles. The van der Waals surface area contributed by atoms with Crippen molar-refractivity contribution in [3.8, 4) is 23.7 Å². The first kappa shape index (κ1) is 23.4. The van der Waals surface area contributed by atoms with Gasteiger partial charge in [0.2, 0.25) is 0 Å². The van der Waals surface area contributed by atoms with Crippen LogP contribution in [0.5, 0.6) is 0 Å². The summed E-state index contributed by atoms with van der Waals surface area (Å²) in [7, 11) is -2.20. The number of ether oxygens (including phenoxy) is 1. The summed E-state index contributed by atoms with van der Waals surface area (Å²) in [5.41, 5.74) is 0.776. The summed E-state index contributed by atoms with van der Waals surface area (Å²) in [5.74, 6) is 8.38. The molecule has 0 radical (unpaired) electrons. The molecular formula is C20H22N2O7S. The Kier molecular flexibility index (Phi) is 7.98. The zero-order valence-corrected chi connectivity index (χ0v) is 17.1. The number of nitrogens with one attached hydrogen (secondary N) is 2. The van der Waals surface area contributed by atoms with Crippen molar-refractivity contribution < 1.29 is 33.1 Å². The van der Waals surface area contributed by atoms with E-state index in [1.165, 1.54) is 24.7 Å². The maximum atomic E-state index is 12.6. The highest BCUT2D eigenvalue weighted by Crippen LogP contribution is 2.30. The van der Waals surface area contributed by atoms with Crippen molar-refractivity contribution in [2.24, 2.45) is 0 Å². The zero-order chi connectivity index (χ0) is 22.2. The van der Waals surface area contributed by atoms with Crippen molar-refractivity contribution in [3.63, 3.8) is 0 Å². The van der Waals surface area contributed by atoms with E-state index in [2.05, 4.69) is 29.0 Å². The Morgan fingerprint density at radius 3 is 2.50 bits per heavy atom. The van der Waals surface area contributed by atoms with Crippen molar-refractivity contribution in [1.29, 1.82) is 0 Å². The molecule has 1 fully saturated rings. The first-order chi connectivity index (χ1) is 14.3. The SMILES string of the molecule is CO[C@]1(C(NC(=O)c2ccc(C#CC#CCCO)cc2)C(=O)NO)CCS(=O)(=O)C1. The number of aliphatic hydroxyl groups excluding tert-OH is 1. The van der Waals surface area contributed by atoms with Gasteiger partial charge in [-0.25, -0.2) is 13.9 Å². The zero-order valence-electron chi connectivity index (χ0n) is 16.3. The van der Waals surface area contributed by atoms with E-state index in [0.29, 0.717) is 12.0 Å². The number of hydrogen-bond acceptors (Lipinski definition) is 7. The molecule has 2 atom stereocenters. The molecule has 1 aromatic carbocycles. The summed E-state index contributed by atoms with van der Waals surface area (Å²) in [6.07, 6.45) is 0.330. The molecule has 1 saturated heterocycles. The highest BCUT2D eigenvalue weighted by molar-refractivity contribution is 7.91. The highest BCUT2D eigenvalue weighted by Gasteiger charge is 2.52. The van der Waals surface area contributed by atoms with Gasteiger partial charge in [-0.2, -0.15) is 0 Å². The van der Waals surface area contributed by atoms with E-state index < -0.39 is 39.0 Å². The second-order valence-electron chi connectivity index (χ2n) is 6.60. The standard InChI is InChI=1S/C20H22N2O7S/c1-29-20(11-13-30(27,28)14-20)17(19(25)22-26)21-18(24)16-9-7-15(8-10-16)6-4-2-3-5-12-23/h7-10,17,23,26H,5,11-14H2,1H3,(H,21,24)(H,22,25)/t17?,20-/m1/s1. The van der Waals surface area contributed by atoms with Gasteiger partial charge in [-0.1, -0.05) is 11.8 Å². The van der Waals surface area contributed by atoms with Gasteiger partial charge in [0.05, 0.1) is 18.1 Å². The van der Waals surface area contributed by atoms with Crippen LogP contribution in [-0.4, -0.2) is 67.4 Å². The number of sulfone groups is 1. The third-order valence-corrected chi connectivity index (χ3v) is 6.38. The van der Waals surface area contributed by atoms with Crippen LogP contribution in [0.4, 0.5) is 0 Å². The molecule has 0 aromatic heterocycles. The summed E-state index contributed by atoms with van der Waals surface area (Å²) in [6.45, 7) is -0.0376. The number of carbonyl (C=O) groups excluding carboxylic acids is 2. The first-order valence-electron chi connectivity index (χ1n) is 8.97. The Hall–Kier alpha value is -2.89. The predicted molar refractivity (Wildman–Crippen MR) is 107 cm³/mol. The lowest BCUT2D eigenvalue weighted by Crippen LogP contribution is -2.61. The molecule has 9 nitrogen and oxygen atoms in total. The number of hydrogen-bond donors (Lipinski definition) is 4. The van der Waals surface area contributed by atoms with E-state index in [1.807, 2.05) is 0 Å². The first-order valence-corrected chi connectivity index (χ1v) is 10.8. The number of hydroxylamine groups is 1. The van der Waals surface area contributed by atoms with Crippen molar-refractivity contribution in [1.82, 2.24) is 10.8 Å². The number of aliphatic hydroxyl groups is 1. The van der Waals surface area contributed by atoms with E-state index >= 15 is 0 Å². The van der Waals surface area contributed by atoms with Gasteiger partial charge in [0.15, 0.2) is 9.84 Å². The van der Waals surface area contributed by atoms with Crippen molar-refractivity contribution in [2.45, 2.75) is 24.5 Å². The molecule has 0 spiro atoms. The van der Waals surface area contributed by atoms with Crippen molar-refractivity contribution in [3.05, 3.63) is 35.4 Å². The van der Waals surface area contributed by atoms with Crippen LogP contribution >= 0.6 is 0 Å².